The van der Waals surface area contributed by atoms with E-state index in [1.54, 1.807) is 0 Å². The van der Waals surface area contributed by atoms with Crippen LogP contribution in [0.4, 0.5) is 39.5 Å². The number of hydrogen-bond acceptors (Lipinski definition) is 6. The topological polar surface area (TPSA) is 89.6 Å². The normalized spacial score (nSPS) is 11.4. The van der Waals surface area contributed by atoms with Crippen molar-refractivity contribution in [3.8, 4) is 11.5 Å². The number of alkyl halides is 3. The molecular weight excluding hydrogens is 359 g/mol. The molecule has 0 amide bonds. The molecule has 0 fully saturated rings. The second-order valence-corrected chi connectivity index (χ2v) is 5.03. The molecule has 134 valence electrons. The van der Waals surface area contributed by atoms with E-state index < -0.39 is 23.5 Å². The molecule has 3 aromatic rings. The highest BCUT2D eigenvalue weighted by molar-refractivity contribution is 5.58. The fraction of sp³-hybridized carbons (Fsp3) is 0.0667. The Morgan fingerprint density at radius 1 is 0.885 bits per heavy atom. The highest BCUT2D eigenvalue weighted by Crippen LogP contribution is 2.29. The van der Waals surface area contributed by atoms with Crippen LogP contribution < -0.4 is 11.1 Å². The molecule has 0 saturated heterocycles. The van der Waals surface area contributed by atoms with Gasteiger partial charge in [0.25, 0.3) is 0 Å². The standard InChI is InChI=1S/C15H9F5N6/c16-7-4-8(17)6-9(5-7)22-14-25-12(24-13(21)26-14)10-2-1-3-11(23-10)15(18,19)20/h1-6H,(H3,21,22,24,25,26). The third-order valence-electron chi connectivity index (χ3n) is 3.04. The molecule has 3 rings (SSSR count). The zero-order valence-corrected chi connectivity index (χ0v) is 12.7. The molecule has 26 heavy (non-hydrogen) atoms. The summed E-state index contributed by atoms with van der Waals surface area (Å²) < 4.78 is 64.8. The highest BCUT2D eigenvalue weighted by atomic mass is 19.4. The van der Waals surface area contributed by atoms with Gasteiger partial charge in [0.1, 0.15) is 23.0 Å². The van der Waals surface area contributed by atoms with E-state index in [9.17, 15) is 22.0 Å². The number of anilines is 3. The van der Waals surface area contributed by atoms with Crippen molar-refractivity contribution in [1.82, 2.24) is 19.9 Å². The van der Waals surface area contributed by atoms with Crippen LogP contribution in [-0.2, 0) is 6.18 Å². The lowest BCUT2D eigenvalue weighted by Gasteiger charge is -2.09. The smallest absolute Gasteiger partial charge is 0.368 e. The van der Waals surface area contributed by atoms with Gasteiger partial charge in [-0.1, -0.05) is 6.07 Å². The number of nitrogens with one attached hydrogen (secondary N) is 1. The predicted octanol–water partition coefficient (Wildman–Crippen LogP) is 3.56. The molecule has 6 nitrogen and oxygen atoms in total. The molecule has 0 aliphatic heterocycles. The molecular formula is C15H9F5N6. The summed E-state index contributed by atoms with van der Waals surface area (Å²) in [5.41, 5.74) is 4.19. The van der Waals surface area contributed by atoms with Crippen LogP contribution in [0.25, 0.3) is 11.5 Å². The Bertz CT molecular complexity index is 939. The van der Waals surface area contributed by atoms with Crippen molar-refractivity contribution in [2.24, 2.45) is 0 Å². The number of hydrogen-bond donors (Lipinski definition) is 2. The first kappa shape index (κ1) is 17.5. The van der Waals surface area contributed by atoms with E-state index in [4.69, 9.17) is 5.73 Å². The van der Waals surface area contributed by atoms with E-state index in [-0.39, 0.29) is 29.1 Å². The van der Waals surface area contributed by atoms with Gasteiger partial charge in [-0.05, 0) is 24.3 Å². The maximum Gasteiger partial charge on any atom is 0.433 e. The number of rotatable bonds is 3. The average molecular weight is 368 g/mol. The van der Waals surface area contributed by atoms with E-state index >= 15 is 0 Å². The summed E-state index contributed by atoms with van der Waals surface area (Å²) in [5, 5.41) is 2.51. The summed E-state index contributed by atoms with van der Waals surface area (Å²) in [6.07, 6.45) is -4.64. The minimum Gasteiger partial charge on any atom is -0.368 e. The first-order valence-electron chi connectivity index (χ1n) is 7.00. The molecule has 0 aliphatic rings. The summed E-state index contributed by atoms with van der Waals surface area (Å²) >= 11 is 0. The maximum absolute atomic E-state index is 13.2. The Kier molecular flexibility index (Phi) is 4.36. The Balaban J connectivity index is 1.98. The van der Waals surface area contributed by atoms with Crippen molar-refractivity contribution in [2.45, 2.75) is 6.18 Å². The largest absolute Gasteiger partial charge is 0.433 e. The van der Waals surface area contributed by atoms with Crippen molar-refractivity contribution >= 4 is 17.6 Å². The zero-order valence-electron chi connectivity index (χ0n) is 12.7. The van der Waals surface area contributed by atoms with Crippen LogP contribution in [0, 0.1) is 11.6 Å². The second kappa shape index (κ2) is 6.50. The summed E-state index contributed by atoms with van der Waals surface area (Å²) in [4.78, 5) is 14.8. The summed E-state index contributed by atoms with van der Waals surface area (Å²) in [6, 6.07) is 5.82. The number of pyridine rings is 1. The fourth-order valence-electron chi connectivity index (χ4n) is 2.03. The van der Waals surface area contributed by atoms with Crippen LogP contribution in [-0.4, -0.2) is 19.9 Å². The summed E-state index contributed by atoms with van der Waals surface area (Å²) in [5.74, 6) is -2.43. The molecule has 0 bridgehead atoms. The van der Waals surface area contributed by atoms with Gasteiger partial charge in [-0.25, -0.2) is 13.8 Å². The van der Waals surface area contributed by atoms with Gasteiger partial charge < -0.3 is 11.1 Å². The SMILES string of the molecule is Nc1nc(Nc2cc(F)cc(F)c2)nc(-c2cccc(C(F)(F)F)n2)n1. The lowest BCUT2D eigenvalue weighted by molar-refractivity contribution is -0.141. The van der Waals surface area contributed by atoms with Crippen LogP contribution in [0.5, 0.6) is 0 Å². The molecule has 2 aromatic heterocycles. The van der Waals surface area contributed by atoms with Gasteiger partial charge in [-0.15, -0.1) is 0 Å². The minimum absolute atomic E-state index is 0.0175. The van der Waals surface area contributed by atoms with Crippen LogP contribution in [0.3, 0.4) is 0 Å². The fourth-order valence-corrected chi connectivity index (χ4v) is 2.03. The second-order valence-electron chi connectivity index (χ2n) is 5.03. The van der Waals surface area contributed by atoms with Gasteiger partial charge in [0.2, 0.25) is 11.9 Å². The summed E-state index contributed by atoms with van der Waals surface area (Å²) in [6.45, 7) is 0. The minimum atomic E-state index is -4.64. The Hall–Kier alpha value is -3.37. The molecule has 11 heteroatoms. The lowest BCUT2D eigenvalue weighted by atomic mass is 10.3. The first-order valence-corrected chi connectivity index (χ1v) is 7.00. The van der Waals surface area contributed by atoms with Crippen LogP contribution in [0.1, 0.15) is 5.69 Å². The molecule has 0 unspecified atom stereocenters. The summed E-state index contributed by atoms with van der Waals surface area (Å²) in [7, 11) is 0. The van der Waals surface area contributed by atoms with E-state index in [0.29, 0.717) is 6.07 Å². The van der Waals surface area contributed by atoms with Crippen molar-refractivity contribution < 1.29 is 22.0 Å². The van der Waals surface area contributed by atoms with E-state index in [1.807, 2.05) is 0 Å². The van der Waals surface area contributed by atoms with Crippen molar-refractivity contribution in [2.75, 3.05) is 11.1 Å². The van der Waals surface area contributed by atoms with Gasteiger partial charge in [-0.2, -0.15) is 28.1 Å². The molecule has 1 aromatic carbocycles. The third kappa shape index (κ3) is 3.99. The Labute approximate surface area is 143 Å². The lowest BCUT2D eigenvalue weighted by Crippen LogP contribution is -2.10. The highest BCUT2D eigenvalue weighted by Gasteiger charge is 2.32. The van der Waals surface area contributed by atoms with E-state index in [2.05, 4.69) is 25.3 Å². The monoisotopic (exact) mass is 368 g/mol. The molecule has 0 radical (unpaired) electrons. The molecule has 0 spiro atoms. The third-order valence-corrected chi connectivity index (χ3v) is 3.04. The molecule has 0 saturated carbocycles. The molecule has 0 aliphatic carbocycles. The van der Waals surface area contributed by atoms with Crippen LogP contribution in [0.2, 0.25) is 0 Å². The van der Waals surface area contributed by atoms with Crippen molar-refractivity contribution in [3.63, 3.8) is 0 Å². The number of benzene rings is 1. The van der Waals surface area contributed by atoms with Crippen molar-refractivity contribution in [3.05, 3.63) is 53.7 Å². The number of nitrogens with two attached hydrogens (primary N) is 1. The van der Waals surface area contributed by atoms with E-state index in [0.717, 1.165) is 24.3 Å². The molecule has 0 atom stereocenters. The number of nitrogens with zero attached hydrogens (tertiary/aromatic N) is 4. The Morgan fingerprint density at radius 2 is 1.58 bits per heavy atom. The average Bonchev–Trinajstić information content (AvgIpc) is 2.52. The number of halogens is 5. The van der Waals surface area contributed by atoms with Gasteiger partial charge in [0, 0.05) is 11.8 Å². The van der Waals surface area contributed by atoms with Gasteiger partial charge in [0.05, 0.1) is 0 Å². The first-order chi connectivity index (χ1) is 12.2. The zero-order chi connectivity index (χ0) is 18.9. The number of nitrogen functional groups attached to an aromatic ring is 1. The molecule has 3 N–H and O–H groups in total. The van der Waals surface area contributed by atoms with Gasteiger partial charge >= 0.3 is 6.18 Å². The maximum atomic E-state index is 13.2. The van der Waals surface area contributed by atoms with Crippen LogP contribution >= 0.6 is 0 Å². The molecule has 2 heterocycles. The van der Waals surface area contributed by atoms with Crippen molar-refractivity contribution in [1.29, 1.82) is 0 Å². The Morgan fingerprint density at radius 3 is 2.23 bits per heavy atom. The van der Waals surface area contributed by atoms with Gasteiger partial charge in [-0.3, -0.25) is 0 Å². The van der Waals surface area contributed by atoms with Gasteiger partial charge in [0.15, 0.2) is 5.82 Å². The van der Waals surface area contributed by atoms with E-state index in [1.165, 1.54) is 6.07 Å². The quantitative estimate of drug-likeness (QED) is 0.687. The number of aromatic nitrogens is 4. The predicted molar refractivity (Wildman–Crippen MR) is 82.1 cm³/mol. The van der Waals surface area contributed by atoms with Crippen LogP contribution in [0.15, 0.2) is 36.4 Å².